The lowest BCUT2D eigenvalue weighted by Gasteiger charge is -2.22. The van der Waals surface area contributed by atoms with E-state index < -0.39 is 0 Å². The molecule has 0 spiro atoms. The molecule has 1 aliphatic rings. The van der Waals surface area contributed by atoms with E-state index in [2.05, 4.69) is 9.88 Å². The van der Waals surface area contributed by atoms with Crippen LogP contribution in [0.15, 0.2) is 15.9 Å². The highest BCUT2D eigenvalue weighted by molar-refractivity contribution is 5.76. The van der Waals surface area contributed by atoms with Crippen LogP contribution < -0.4 is 11.2 Å². The molecule has 0 bridgehead atoms. The minimum atomic E-state index is -0.366. The van der Waals surface area contributed by atoms with E-state index in [1.54, 1.807) is 13.4 Å². The number of aromatic nitrogens is 4. The molecule has 1 aliphatic heterocycles. The molecule has 3 heterocycles. The molecule has 1 fully saturated rings. The third-order valence-electron chi connectivity index (χ3n) is 5.50. The van der Waals surface area contributed by atoms with E-state index >= 15 is 0 Å². The van der Waals surface area contributed by atoms with Gasteiger partial charge in [-0.1, -0.05) is 6.92 Å². The second kappa shape index (κ2) is 8.72. The smallest absolute Gasteiger partial charge is 0.332 e. The number of fused-ring (bicyclic) bond motifs is 1. The zero-order valence-electron chi connectivity index (χ0n) is 17.1. The number of aryl methyl sites for hydroxylation is 2. The topological polar surface area (TPSA) is 85.4 Å². The molecule has 9 heteroatoms. The first-order valence-electron chi connectivity index (χ1n) is 10.0. The van der Waals surface area contributed by atoms with Gasteiger partial charge in [-0.15, -0.1) is 0 Å². The Morgan fingerprint density at radius 3 is 2.61 bits per heavy atom. The predicted molar refractivity (Wildman–Crippen MR) is 107 cm³/mol. The van der Waals surface area contributed by atoms with Crippen LogP contribution in [-0.4, -0.2) is 67.1 Å². The zero-order chi connectivity index (χ0) is 20.3. The highest BCUT2D eigenvalue weighted by atomic mass is 16.2. The maximum absolute atomic E-state index is 12.5. The van der Waals surface area contributed by atoms with Gasteiger partial charge >= 0.3 is 5.69 Å². The Balaban J connectivity index is 1.61. The zero-order valence-corrected chi connectivity index (χ0v) is 17.1. The van der Waals surface area contributed by atoms with Gasteiger partial charge in [-0.05, 0) is 32.4 Å². The fourth-order valence-electron chi connectivity index (χ4n) is 3.85. The van der Waals surface area contributed by atoms with Crippen molar-refractivity contribution in [2.45, 2.75) is 39.2 Å². The SMILES string of the molecule is CCCC(=O)N1CCCN(CCCn2cnc3c2c(=O)n(C)c(=O)n3C)CC1. The van der Waals surface area contributed by atoms with Crippen LogP contribution in [0.1, 0.15) is 32.6 Å². The van der Waals surface area contributed by atoms with E-state index in [0.717, 1.165) is 56.6 Å². The number of carbonyl (C=O) groups is 1. The van der Waals surface area contributed by atoms with Gasteiger partial charge in [-0.25, -0.2) is 9.78 Å². The summed E-state index contributed by atoms with van der Waals surface area (Å²) in [5.74, 6) is 0.260. The molecular weight excluding hydrogens is 360 g/mol. The van der Waals surface area contributed by atoms with Gasteiger partial charge in [0.05, 0.1) is 6.33 Å². The molecule has 3 rings (SSSR count). The van der Waals surface area contributed by atoms with Crippen LogP contribution in [0.4, 0.5) is 0 Å². The summed E-state index contributed by atoms with van der Waals surface area (Å²) in [5, 5.41) is 0. The van der Waals surface area contributed by atoms with E-state index in [4.69, 9.17) is 0 Å². The molecule has 0 aliphatic carbocycles. The highest BCUT2D eigenvalue weighted by Crippen LogP contribution is 2.09. The summed E-state index contributed by atoms with van der Waals surface area (Å²) < 4.78 is 4.37. The van der Waals surface area contributed by atoms with Crippen LogP contribution in [0.25, 0.3) is 11.2 Å². The maximum Gasteiger partial charge on any atom is 0.332 e. The van der Waals surface area contributed by atoms with Crippen molar-refractivity contribution >= 4 is 17.1 Å². The van der Waals surface area contributed by atoms with Crippen molar-refractivity contribution in [3.8, 4) is 0 Å². The lowest BCUT2D eigenvalue weighted by molar-refractivity contribution is -0.131. The summed E-state index contributed by atoms with van der Waals surface area (Å²) >= 11 is 0. The fourth-order valence-corrected chi connectivity index (χ4v) is 3.85. The molecule has 0 atom stereocenters. The molecule has 0 radical (unpaired) electrons. The molecule has 1 amide bonds. The van der Waals surface area contributed by atoms with E-state index in [1.807, 2.05) is 16.4 Å². The maximum atomic E-state index is 12.5. The molecule has 1 saturated heterocycles. The first-order valence-corrected chi connectivity index (χ1v) is 10.0. The number of rotatable bonds is 6. The van der Waals surface area contributed by atoms with Crippen molar-refractivity contribution < 1.29 is 4.79 Å². The second-order valence-corrected chi connectivity index (χ2v) is 7.50. The van der Waals surface area contributed by atoms with Crippen LogP contribution in [0.5, 0.6) is 0 Å². The number of hydrogen-bond acceptors (Lipinski definition) is 5. The van der Waals surface area contributed by atoms with Crippen LogP contribution >= 0.6 is 0 Å². The van der Waals surface area contributed by atoms with Gasteiger partial charge in [0.25, 0.3) is 5.56 Å². The van der Waals surface area contributed by atoms with Gasteiger partial charge in [0.2, 0.25) is 5.91 Å². The van der Waals surface area contributed by atoms with Crippen molar-refractivity contribution in [3.63, 3.8) is 0 Å². The summed E-state index contributed by atoms with van der Waals surface area (Å²) in [5.41, 5.74) is 0.217. The molecule has 9 nitrogen and oxygen atoms in total. The van der Waals surface area contributed by atoms with Gasteiger partial charge in [0, 0.05) is 46.7 Å². The van der Waals surface area contributed by atoms with E-state index in [1.165, 1.54) is 11.6 Å². The van der Waals surface area contributed by atoms with Crippen molar-refractivity contribution in [1.29, 1.82) is 0 Å². The monoisotopic (exact) mass is 390 g/mol. The number of imidazole rings is 1. The largest absolute Gasteiger partial charge is 0.341 e. The molecule has 2 aromatic rings. The Kier molecular flexibility index (Phi) is 6.33. The Morgan fingerprint density at radius 1 is 1.07 bits per heavy atom. The molecule has 28 heavy (non-hydrogen) atoms. The normalized spacial score (nSPS) is 15.9. The minimum Gasteiger partial charge on any atom is -0.341 e. The molecule has 2 aromatic heterocycles. The average Bonchev–Trinajstić information content (AvgIpc) is 2.95. The van der Waals surface area contributed by atoms with Gasteiger partial charge < -0.3 is 14.4 Å². The highest BCUT2D eigenvalue weighted by Gasteiger charge is 2.18. The number of amides is 1. The molecular formula is C19H30N6O3. The number of carbonyl (C=O) groups excluding carboxylic acids is 1. The van der Waals surface area contributed by atoms with Crippen molar-refractivity contribution in [2.24, 2.45) is 14.1 Å². The summed E-state index contributed by atoms with van der Waals surface area (Å²) in [6, 6.07) is 0. The van der Waals surface area contributed by atoms with Crippen LogP contribution in [0.2, 0.25) is 0 Å². The molecule has 0 unspecified atom stereocenters. The molecule has 0 saturated carbocycles. The summed E-state index contributed by atoms with van der Waals surface area (Å²) in [6.07, 6.45) is 5.03. The van der Waals surface area contributed by atoms with E-state index in [0.29, 0.717) is 24.1 Å². The number of nitrogens with zero attached hydrogens (tertiary/aromatic N) is 6. The molecule has 0 aromatic carbocycles. The van der Waals surface area contributed by atoms with Gasteiger partial charge in [-0.3, -0.25) is 18.7 Å². The minimum absolute atomic E-state index is 0.260. The first kappa shape index (κ1) is 20.3. The van der Waals surface area contributed by atoms with E-state index in [-0.39, 0.29) is 17.2 Å². The lowest BCUT2D eigenvalue weighted by atomic mass is 10.3. The number of hydrogen-bond donors (Lipinski definition) is 0. The Labute approximate surface area is 164 Å². The predicted octanol–water partition coefficient (Wildman–Crippen LogP) is 0.158. The second-order valence-electron chi connectivity index (χ2n) is 7.50. The summed E-state index contributed by atoms with van der Waals surface area (Å²) in [6.45, 7) is 7.10. The van der Waals surface area contributed by atoms with Gasteiger partial charge in [0.1, 0.15) is 0 Å². The Morgan fingerprint density at radius 2 is 1.86 bits per heavy atom. The van der Waals surface area contributed by atoms with Gasteiger partial charge in [0.15, 0.2) is 11.2 Å². The van der Waals surface area contributed by atoms with Crippen LogP contribution in [-0.2, 0) is 25.4 Å². The Bertz CT molecular complexity index is 957. The average molecular weight is 390 g/mol. The summed E-state index contributed by atoms with van der Waals surface area (Å²) in [4.78, 5) is 45.2. The standard InChI is InChI=1S/C19H30N6O3/c1-4-7-15(26)24-10-5-8-23(12-13-24)9-6-11-25-14-20-17-16(25)18(27)22(3)19(28)21(17)2/h14H,4-13H2,1-3H3. The first-order chi connectivity index (χ1) is 13.4. The van der Waals surface area contributed by atoms with Crippen LogP contribution in [0, 0.1) is 0 Å². The third-order valence-corrected chi connectivity index (χ3v) is 5.50. The molecule has 154 valence electrons. The quantitative estimate of drug-likeness (QED) is 0.701. The van der Waals surface area contributed by atoms with Crippen molar-refractivity contribution in [3.05, 3.63) is 27.2 Å². The van der Waals surface area contributed by atoms with Crippen molar-refractivity contribution in [2.75, 3.05) is 32.7 Å². The Hall–Kier alpha value is -2.42. The van der Waals surface area contributed by atoms with Crippen LogP contribution in [0.3, 0.4) is 0 Å². The molecule has 0 N–H and O–H groups in total. The lowest BCUT2D eigenvalue weighted by Crippen LogP contribution is -2.37. The third kappa shape index (κ3) is 4.04. The fraction of sp³-hybridized carbons (Fsp3) is 0.684. The van der Waals surface area contributed by atoms with Crippen molar-refractivity contribution in [1.82, 2.24) is 28.5 Å². The summed E-state index contributed by atoms with van der Waals surface area (Å²) in [7, 11) is 3.12. The van der Waals surface area contributed by atoms with Gasteiger partial charge in [-0.2, -0.15) is 0 Å². The van der Waals surface area contributed by atoms with E-state index in [9.17, 15) is 14.4 Å².